The second-order valence-electron chi connectivity index (χ2n) is 8.07. The fraction of sp³-hybridized carbons (Fsp3) is 0.435. The third-order valence-corrected chi connectivity index (χ3v) is 5.78. The fourth-order valence-corrected chi connectivity index (χ4v) is 4.10. The van der Waals surface area contributed by atoms with E-state index in [1.165, 1.54) is 12.0 Å². The lowest BCUT2D eigenvalue weighted by Gasteiger charge is -2.29. The van der Waals surface area contributed by atoms with Gasteiger partial charge in [-0.1, -0.05) is 29.8 Å². The van der Waals surface area contributed by atoms with Crippen LogP contribution in [0.25, 0.3) is 0 Å². The highest BCUT2D eigenvalue weighted by molar-refractivity contribution is 5.98. The number of aromatic nitrogens is 1. The van der Waals surface area contributed by atoms with Gasteiger partial charge in [0.05, 0.1) is 11.6 Å². The number of rotatable bonds is 5. The minimum Gasteiger partial charge on any atom is -0.355 e. The van der Waals surface area contributed by atoms with Gasteiger partial charge in [0, 0.05) is 38.8 Å². The van der Waals surface area contributed by atoms with Gasteiger partial charge in [-0.3, -0.25) is 9.59 Å². The summed E-state index contributed by atoms with van der Waals surface area (Å²) in [5.41, 5.74) is 3.02. The van der Waals surface area contributed by atoms with Crippen LogP contribution in [0.1, 0.15) is 36.8 Å². The highest BCUT2D eigenvalue weighted by atomic mass is 16.2. The Balaban J connectivity index is 1.40. The normalized spacial score (nSPS) is 19.5. The van der Waals surface area contributed by atoms with Crippen molar-refractivity contribution >= 4 is 23.3 Å². The number of hydrogen-bond acceptors (Lipinski definition) is 4. The predicted molar refractivity (Wildman–Crippen MR) is 114 cm³/mol. The van der Waals surface area contributed by atoms with Crippen LogP contribution in [0.2, 0.25) is 0 Å². The van der Waals surface area contributed by atoms with Gasteiger partial charge in [0.25, 0.3) is 0 Å². The van der Waals surface area contributed by atoms with Crippen molar-refractivity contribution in [2.45, 2.75) is 39.2 Å². The molecule has 2 aliphatic heterocycles. The molecular weight excluding hydrogens is 364 g/mol. The van der Waals surface area contributed by atoms with E-state index < -0.39 is 0 Å². The third-order valence-electron chi connectivity index (χ3n) is 5.78. The summed E-state index contributed by atoms with van der Waals surface area (Å²) in [4.78, 5) is 33.9. The van der Waals surface area contributed by atoms with Crippen molar-refractivity contribution in [2.75, 3.05) is 29.9 Å². The first-order chi connectivity index (χ1) is 14.1. The molecule has 1 N–H and O–H groups in total. The Bertz CT molecular complexity index is 875. The Morgan fingerprint density at radius 1 is 1.14 bits per heavy atom. The van der Waals surface area contributed by atoms with Gasteiger partial charge >= 0.3 is 0 Å². The summed E-state index contributed by atoms with van der Waals surface area (Å²) >= 11 is 0. The predicted octanol–water partition coefficient (Wildman–Crippen LogP) is 3.37. The van der Waals surface area contributed by atoms with Gasteiger partial charge in [-0.15, -0.1) is 0 Å². The fourth-order valence-electron chi connectivity index (χ4n) is 4.10. The second kappa shape index (κ2) is 8.64. The molecule has 2 aliphatic rings. The first kappa shape index (κ1) is 19.4. The number of nitrogens with one attached hydrogen (secondary N) is 1. The average Bonchev–Trinajstić information content (AvgIpc) is 3.11. The van der Waals surface area contributed by atoms with Gasteiger partial charge in [0.15, 0.2) is 5.82 Å². The van der Waals surface area contributed by atoms with Crippen LogP contribution in [0.5, 0.6) is 0 Å². The van der Waals surface area contributed by atoms with Crippen molar-refractivity contribution in [3.63, 3.8) is 0 Å². The van der Waals surface area contributed by atoms with Gasteiger partial charge in [0.2, 0.25) is 11.8 Å². The Morgan fingerprint density at radius 2 is 1.90 bits per heavy atom. The monoisotopic (exact) mass is 392 g/mol. The summed E-state index contributed by atoms with van der Waals surface area (Å²) < 4.78 is 0. The SMILES string of the molecule is Cc1ccc(CN2CC(C(=O)Nc3cccnc3N3CCCCC3)CC2=O)cc1. The first-order valence-electron chi connectivity index (χ1n) is 10.4. The van der Waals surface area contributed by atoms with E-state index in [0.717, 1.165) is 43.0 Å². The van der Waals surface area contributed by atoms with Crippen LogP contribution in [0.4, 0.5) is 11.5 Å². The summed E-state index contributed by atoms with van der Waals surface area (Å²) in [5, 5.41) is 3.04. The molecule has 6 nitrogen and oxygen atoms in total. The summed E-state index contributed by atoms with van der Waals surface area (Å²) in [6, 6.07) is 11.9. The maximum absolute atomic E-state index is 12.9. The smallest absolute Gasteiger partial charge is 0.229 e. The minimum absolute atomic E-state index is 0.0353. The van der Waals surface area contributed by atoms with Gasteiger partial charge in [-0.2, -0.15) is 0 Å². The lowest BCUT2D eigenvalue weighted by atomic mass is 10.1. The van der Waals surface area contributed by atoms with Crippen LogP contribution in [0, 0.1) is 12.8 Å². The van der Waals surface area contributed by atoms with Crippen LogP contribution < -0.4 is 10.2 Å². The molecule has 1 unspecified atom stereocenters. The number of likely N-dealkylation sites (tertiary alicyclic amines) is 1. The Morgan fingerprint density at radius 3 is 2.66 bits per heavy atom. The molecule has 0 bridgehead atoms. The molecule has 2 aromatic rings. The van der Waals surface area contributed by atoms with Crippen LogP contribution in [0.3, 0.4) is 0 Å². The quantitative estimate of drug-likeness (QED) is 0.847. The first-order valence-corrected chi connectivity index (χ1v) is 10.4. The summed E-state index contributed by atoms with van der Waals surface area (Å²) in [7, 11) is 0. The molecule has 2 fully saturated rings. The van der Waals surface area contributed by atoms with E-state index in [-0.39, 0.29) is 24.2 Å². The number of anilines is 2. The highest BCUT2D eigenvalue weighted by Gasteiger charge is 2.34. The molecule has 3 heterocycles. The van der Waals surface area contributed by atoms with E-state index in [4.69, 9.17) is 0 Å². The molecule has 6 heteroatoms. The summed E-state index contributed by atoms with van der Waals surface area (Å²) in [6.45, 7) is 4.98. The van der Waals surface area contributed by atoms with Gasteiger partial charge in [0.1, 0.15) is 0 Å². The molecule has 4 rings (SSSR count). The summed E-state index contributed by atoms with van der Waals surface area (Å²) in [6.07, 6.45) is 5.56. The Hall–Kier alpha value is -2.89. The number of aryl methyl sites for hydroxylation is 1. The molecule has 1 aromatic carbocycles. The van der Waals surface area contributed by atoms with Crippen LogP contribution in [-0.2, 0) is 16.1 Å². The van der Waals surface area contributed by atoms with E-state index in [2.05, 4.69) is 15.2 Å². The van der Waals surface area contributed by atoms with Gasteiger partial charge in [-0.25, -0.2) is 4.98 Å². The Kier molecular flexibility index (Phi) is 5.79. The maximum atomic E-state index is 12.9. The van der Waals surface area contributed by atoms with Crippen molar-refractivity contribution in [2.24, 2.45) is 5.92 Å². The number of piperidine rings is 1. The minimum atomic E-state index is -0.331. The zero-order valence-electron chi connectivity index (χ0n) is 16.9. The number of hydrogen-bond donors (Lipinski definition) is 1. The largest absolute Gasteiger partial charge is 0.355 e. The molecule has 2 saturated heterocycles. The van der Waals surface area contributed by atoms with Crippen LogP contribution >= 0.6 is 0 Å². The molecule has 1 atom stereocenters. The van der Waals surface area contributed by atoms with Crippen LogP contribution in [0.15, 0.2) is 42.6 Å². The molecule has 0 aliphatic carbocycles. The van der Waals surface area contributed by atoms with Gasteiger partial charge < -0.3 is 15.1 Å². The molecular formula is C23H28N4O2. The molecule has 0 radical (unpaired) electrons. The molecule has 0 spiro atoms. The van der Waals surface area contributed by atoms with Crippen molar-refractivity contribution in [1.82, 2.24) is 9.88 Å². The third kappa shape index (κ3) is 4.58. The standard InChI is InChI=1S/C23H28N4O2/c1-17-7-9-18(10-8-17)15-27-16-19(14-21(27)28)23(29)25-20-6-5-11-24-22(20)26-12-3-2-4-13-26/h5-11,19H,2-4,12-16H2,1H3,(H,25,29). The number of nitrogens with zero attached hydrogens (tertiary/aromatic N) is 3. The van der Waals surface area contributed by atoms with E-state index in [0.29, 0.717) is 13.1 Å². The number of carbonyl (C=O) groups excluding carboxylic acids is 2. The second-order valence-corrected chi connectivity index (χ2v) is 8.07. The zero-order chi connectivity index (χ0) is 20.2. The van der Waals surface area contributed by atoms with Crippen molar-refractivity contribution in [3.8, 4) is 0 Å². The number of amides is 2. The number of benzene rings is 1. The number of carbonyl (C=O) groups is 2. The summed E-state index contributed by atoms with van der Waals surface area (Å²) in [5.74, 6) is 0.438. The van der Waals surface area contributed by atoms with Crippen molar-refractivity contribution in [1.29, 1.82) is 0 Å². The van der Waals surface area contributed by atoms with Gasteiger partial charge in [-0.05, 0) is 43.9 Å². The molecule has 1 aromatic heterocycles. The van der Waals surface area contributed by atoms with E-state index in [1.54, 1.807) is 11.1 Å². The molecule has 2 amide bonds. The molecule has 152 valence electrons. The maximum Gasteiger partial charge on any atom is 0.229 e. The van der Waals surface area contributed by atoms with E-state index in [9.17, 15) is 9.59 Å². The molecule has 29 heavy (non-hydrogen) atoms. The lowest BCUT2D eigenvalue weighted by molar-refractivity contribution is -0.128. The number of pyridine rings is 1. The van der Waals surface area contributed by atoms with Crippen LogP contribution in [-0.4, -0.2) is 41.3 Å². The van der Waals surface area contributed by atoms with Crippen molar-refractivity contribution < 1.29 is 9.59 Å². The highest BCUT2D eigenvalue weighted by Crippen LogP contribution is 2.28. The Labute approximate surface area is 171 Å². The van der Waals surface area contributed by atoms with E-state index in [1.807, 2.05) is 43.3 Å². The zero-order valence-corrected chi connectivity index (χ0v) is 16.9. The molecule has 0 saturated carbocycles. The topological polar surface area (TPSA) is 65.5 Å². The van der Waals surface area contributed by atoms with Crippen molar-refractivity contribution in [3.05, 3.63) is 53.7 Å². The lowest BCUT2D eigenvalue weighted by Crippen LogP contribution is -2.32. The average molecular weight is 393 g/mol. The van der Waals surface area contributed by atoms with E-state index >= 15 is 0 Å².